The molecule has 1 aromatic rings. The Balaban J connectivity index is 0.00000288. The predicted octanol–water partition coefficient (Wildman–Crippen LogP) is 0.593. The maximum atomic E-state index is 12.6. The Kier molecular flexibility index (Phi) is 7.95. The summed E-state index contributed by atoms with van der Waals surface area (Å²) in [5.74, 6) is 0.417. The molecule has 1 aliphatic rings. The first kappa shape index (κ1) is 20.7. The number of methoxy groups -OCH3 is 1. The molecule has 0 aliphatic carbocycles. The van der Waals surface area contributed by atoms with Crippen LogP contribution in [0.5, 0.6) is 5.75 Å². The van der Waals surface area contributed by atoms with Gasteiger partial charge in [0.1, 0.15) is 5.75 Å². The number of nitrogens with two attached hydrogens (primary N) is 1. The maximum absolute atomic E-state index is 12.6. The third-order valence-corrected chi connectivity index (χ3v) is 5.88. The molecule has 1 aromatic carbocycles. The van der Waals surface area contributed by atoms with Crippen LogP contribution in [0.1, 0.15) is 12.8 Å². The Bertz CT molecular complexity index is 629. The number of rotatable bonds is 6. The van der Waals surface area contributed by atoms with Crippen LogP contribution in [0, 0.1) is 5.92 Å². The van der Waals surface area contributed by atoms with Crippen molar-refractivity contribution in [2.45, 2.75) is 17.7 Å². The molecule has 1 fully saturated rings. The average molecular weight is 378 g/mol. The van der Waals surface area contributed by atoms with Crippen molar-refractivity contribution >= 4 is 28.3 Å². The topological polar surface area (TPSA) is 102 Å². The fourth-order valence-electron chi connectivity index (χ4n) is 2.59. The van der Waals surface area contributed by atoms with Crippen LogP contribution >= 0.6 is 12.4 Å². The number of halogens is 1. The summed E-state index contributed by atoms with van der Waals surface area (Å²) in [7, 11) is -2.00. The highest BCUT2D eigenvalue weighted by molar-refractivity contribution is 7.89. The number of hydrogen-bond acceptors (Lipinski definition) is 5. The molecule has 0 atom stereocenters. The molecule has 1 heterocycles. The van der Waals surface area contributed by atoms with E-state index in [9.17, 15) is 13.2 Å². The number of sulfonamides is 1. The zero-order valence-electron chi connectivity index (χ0n) is 13.6. The third-order valence-electron chi connectivity index (χ3n) is 3.97. The Hall–Kier alpha value is -1.35. The minimum Gasteiger partial charge on any atom is -0.497 e. The van der Waals surface area contributed by atoms with Gasteiger partial charge in [0.25, 0.3) is 0 Å². The van der Waals surface area contributed by atoms with Crippen molar-refractivity contribution in [3.63, 3.8) is 0 Å². The van der Waals surface area contributed by atoms with Crippen molar-refractivity contribution in [1.82, 2.24) is 9.62 Å². The minimum atomic E-state index is -3.53. The summed E-state index contributed by atoms with van der Waals surface area (Å²) in [6, 6.07) is 6.32. The number of ether oxygens (including phenoxy) is 1. The largest absolute Gasteiger partial charge is 0.497 e. The normalized spacial score (nSPS) is 16.2. The summed E-state index contributed by atoms with van der Waals surface area (Å²) in [6.45, 7) is 1.53. The van der Waals surface area contributed by atoms with Crippen LogP contribution in [0.25, 0.3) is 0 Å². The second-order valence-corrected chi connectivity index (χ2v) is 7.37. The summed E-state index contributed by atoms with van der Waals surface area (Å²) < 4.78 is 31.7. The smallest absolute Gasteiger partial charge is 0.243 e. The number of carbonyl (C=O) groups is 1. The van der Waals surface area contributed by atoms with E-state index in [2.05, 4.69) is 5.32 Å². The molecule has 9 heteroatoms. The van der Waals surface area contributed by atoms with Crippen LogP contribution in [-0.4, -0.2) is 51.9 Å². The molecule has 7 nitrogen and oxygen atoms in total. The first-order chi connectivity index (χ1) is 11.0. The molecular formula is C15H24ClN3O4S. The number of piperidine rings is 1. The molecule has 0 spiro atoms. The zero-order valence-corrected chi connectivity index (χ0v) is 15.2. The van der Waals surface area contributed by atoms with Crippen molar-refractivity contribution in [3.8, 4) is 5.75 Å². The number of carbonyl (C=O) groups excluding carboxylic acids is 1. The molecule has 0 aromatic heterocycles. The van der Waals surface area contributed by atoms with Crippen LogP contribution in [0.3, 0.4) is 0 Å². The lowest BCUT2D eigenvalue weighted by molar-refractivity contribution is -0.126. The number of nitrogens with one attached hydrogen (secondary N) is 1. The van der Waals surface area contributed by atoms with Gasteiger partial charge in [0.15, 0.2) is 0 Å². The van der Waals surface area contributed by atoms with Gasteiger partial charge in [-0.2, -0.15) is 4.31 Å². The number of benzene rings is 1. The van der Waals surface area contributed by atoms with E-state index < -0.39 is 10.0 Å². The van der Waals surface area contributed by atoms with Gasteiger partial charge < -0.3 is 15.8 Å². The van der Waals surface area contributed by atoms with Gasteiger partial charge in [0, 0.05) is 32.1 Å². The molecule has 3 N–H and O–H groups in total. The molecule has 136 valence electrons. The second kappa shape index (κ2) is 9.22. The van der Waals surface area contributed by atoms with E-state index >= 15 is 0 Å². The Morgan fingerprint density at radius 1 is 1.29 bits per heavy atom. The van der Waals surface area contributed by atoms with Gasteiger partial charge in [0.2, 0.25) is 15.9 Å². The van der Waals surface area contributed by atoms with E-state index in [1.54, 1.807) is 12.1 Å². The molecule has 1 aliphatic heterocycles. The molecule has 1 amide bonds. The maximum Gasteiger partial charge on any atom is 0.243 e. The highest BCUT2D eigenvalue weighted by Crippen LogP contribution is 2.25. The lowest BCUT2D eigenvalue weighted by atomic mass is 9.97. The van der Waals surface area contributed by atoms with Crippen molar-refractivity contribution in [1.29, 1.82) is 0 Å². The van der Waals surface area contributed by atoms with Gasteiger partial charge in [-0.05, 0) is 37.1 Å². The Morgan fingerprint density at radius 2 is 1.88 bits per heavy atom. The van der Waals surface area contributed by atoms with E-state index in [1.165, 1.54) is 23.5 Å². The second-order valence-electron chi connectivity index (χ2n) is 5.43. The highest BCUT2D eigenvalue weighted by atomic mass is 35.5. The van der Waals surface area contributed by atoms with Gasteiger partial charge in [-0.1, -0.05) is 0 Å². The van der Waals surface area contributed by atoms with E-state index in [-0.39, 0.29) is 29.1 Å². The van der Waals surface area contributed by atoms with Crippen molar-refractivity contribution < 1.29 is 17.9 Å². The summed E-state index contributed by atoms with van der Waals surface area (Å²) in [4.78, 5) is 12.1. The van der Waals surface area contributed by atoms with Crippen molar-refractivity contribution in [2.24, 2.45) is 11.7 Å². The molecule has 2 rings (SSSR count). The minimum absolute atomic E-state index is 0. The number of nitrogens with zero attached hydrogens (tertiary/aromatic N) is 1. The molecule has 0 saturated carbocycles. The van der Waals surface area contributed by atoms with E-state index in [0.717, 1.165) is 0 Å². The van der Waals surface area contributed by atoms with Crippen LogP contribution < -0.4 is 15.8 Å². The summed E-state index contributed by atoms with van der Waals surface area (Å²) in [6.07, 6.45) is 1.04. The Morgan fingerprint density at radius 3 is 2.38 bits per heavy atom. The lowest BCUT2D eigenvalue weighted by Gasteiger charge is -2.30. The number of amides is 1. The van der Waals surface area contributed by atoms with Crippen molar-refractivity contribution in [2.75, 3.05) is 33.3 Å². The highest BCUT2D eigenvalue weighted by Gasteiger charge is 2.31. The molecule has 1 saturated heterocycles. The number of hydrogen-bond donors (Lipinski definition) is 2. The Labute approximate surface area is 149 Å². The average Bonchev–Trinajstić information content (AvgIpc) is 2.59. The SMILES string of the molecule is COc1ccc(S(=O)(=O)N2CCC(C(=O)NCCN)CC2)cc1.Cl. The first-order valence-corrected chi connectivity index (χ1v) is 9.05. The van der Waals surface area contributed by atoms with Crippen LogP contribution in [0.4, 0.5) is 0 Å². The molecule has 24 heavy (non-hydrogen) atoms. The molecule has 0 radical (unpaired) electrons. The van der Waals surface area contributed by atoms with Gasteiger partial charge in [-0.3, -0.25) is 4.79 Å². The van der Waals surface area contributed by atoms with E-state index in [4.69, 9.17) is 10.5 Å². The molecule has 0 bridgehead atoms. The molecular weight excluding hydrogens is 354 g/mol. The van der Waals surface area contributed by atoms with Gasteiger partial charge in [-0.25, -0.2) is 8.42 Å². The summed E-state index contributed by atoms with van der Waals surface area (Å²) in [5, 5.41) is 2.75. The van der Waals surface area contributed by atoms with E-state index in [1.807, 2.05) is 0 Å². The van der Waals surface area contributed by atoms with Crippen LogP contribution in [0.2, 0.25) is 0 Å². The molecule has 0 unspecified atom stereocenters. The standard InChI is InChI=1S/C15H23N3O4S.ClH/c1-22-13-2-4-14(5-3-13)23(20,21)18-10-6-12(7-11-18)15(19)17-9-8-16;/h2-5,12H,6-11,16H2,1H3,(H,17,19);1H. The van der Waals surface area contributed by atoms with Crippen LogP contribution in [0.15, 0.2) is 29.2 Å². The first-order valence-electron chi connectivity index (χ1n) is 7.61. The lowest BCUT2D eigenvalue weighted by Crippen LogP contribution is -2.43. The summed E-state index contributed by atoms with van der Waals surface area (Å²) in [5.41, 5.74) is 5.36. The van der Waals surface area contributed by atoms with Gasteiger partial charge in [-0.15, -0.1) is 12.4 Å². The fraction of sp³-hybridized carbons (Fsp3) is 0.533. The zero-order chi connectivity index (χ0) is 16.9. The van der Waals surface area contributed by atoms with Crippen molar-refractivity contribution in [3.05, 3.63) is 24.3 Å². The van der Waals surface area contributed by atoms with Crippen LogP contribution in [-0.2, 0) is 14.8 Å². The van der Waals surface area contributed by atoms with E-state index in [0.29, 0.717) is 44.8 Å². The quantitative estimate of drug-likeness (QED) is 0.755. The van der Waals surface area contributed by atoms with Gasteiger partial charge >= 0.3 is 0 Å². The third kappa shape index (κ3) is 4.83. The van der Waals surface area contributed by atoms with Gasteiger partial charge in [0.05, 0.1) is 12.0 Å². The summed E-state index contributed by atoms with van der Waals surface area (Å²) >= 11 is 0. The fourth-order valence-corrected chi connectivity index (χ4v) is 4.06. The predicted molar refractivity (Wildman–Crippen MR) is 93.8 cm³/mol. The monoisotopic (exact) mass is 377 g/mol.